The van der Waals surface area contributed by atoms with Crippen molar-refractivity contribution in [1.29, 1.82) is 5.26 Å². The zero-order chi connectivity index (χ0) is 13.8. The van der Waals surface area contributed by atoms with E-state index in [1.807, 2.05) is 6.07 Å². The molecule has 2 heterocycles. The summed E-state index contributed by atoms with van der Waals surface area (Å²) in [6, 6.07) is 1.89. The summed E-state index contributed by atoms with van der Waals surface area (Å²) >= 11 is 0. The Bertz CT molecular complexity index is 625. The summed E-state index contributed by atoms with van der Waals surface area (Å²) in [5.74, 6) is -0.316. The van der Waals surface area contributed by atoms with Gasteiger partial charge in [-0.3, -0.25) is 4.79 Å². The lowest BCUT2D eigenvalue weighted by Crippen LogP contribution is -2.40. The highest BCUT2D eigenvalue weighted by Gasteiger charge is 2.42. The summed E-state index contributed by atoms with van der Waals surface area (Å²) in [6.07, 6.45) is 2.00. The standard InChI is InChI=1S/C14H14N2O3/c1-14(2)12(17)10-8(5-15)13(18)16-11(7-3-4-7)9(10)6-19-14/h7H,3-4,6H2,1-2H3,(H,16,18). The van der Waals surface area contributed by atoms with Gasteiger partial charge in [0, 0.05) is 11.5 Å². The first-order valence-corrected chi connectivity index (χ1v) is 6.30. The third-order valence-electron chi connectivity index (χ3n) is 3.74. The van der Waals surface area contributed by atoms with Crippen molar-refractivity contribution in [2.75, 3.05) is 0 Å². The SMILES string of the molecule is CC1(C)OCc2c(C3CC3)nc(O)c(C#N)c2C1=O. The molecule has 5 heteroatoms. The number of ketones is 1. The largest absolute Gasteiger partial charge is 0.492 e. The van der Waals surface area contributed by atoms with E-state index in [4.69, 9.17) is 10.00 Å². The number of aromatic nitrogens is 1. The van der Waals surface area contributed by atoms with Gasteiger partial charge in [0.05, 0.1) is 17.9 Å². The second kappa shape index (κ2) is 3.78. The number of hydrogen-bond acceptors (Lipinski definition) is 5. The maximum atomic E-state index is 12.5. The lowest BCUT2D eigenvalue weighted by atomic mass is 9.86. The van der Waals surface area contributed by atoms with Gasteiger partial charge < -0.3 is 9.84 Å². The molecule has 0 aromatic carbocycles. The van der Waals surface area contributed by atoms with Crippen molar-refractivity contribution in [2.24, 2.45) is 0 Å². The van der Waals surface area contributed by atoms with Crippen LogP contribution in [0.2, 0.25) is 0 Å². The van der Waals surface area contributed by atoms with Gasteiger partial charge in [0.2, 0.25) is 5.88 Å². The van der Waals surface area contributed by atoms with Crippen LogP contribution in [0.4, 0.5) is 0 Å². The monoisotopic (exact) mass is 258 g/mol. The third kappa shape index (κ3) is 1.71. The van der Waals surface area contributed by atoms with Crippen molar-refractivity contribution < 1.29 is 14.6 Å². The van der Waals surface area contributed by atoms with Crippen molar-refractivity contribution in [1.82, 2.24) is 4.98 Å². The van der Waals surface area contributed by atoms with Gasteiger partial charge >= 0.3 is 0 Å². The summed E-state index contributed by atoms with van der Waals surface area (Å²) in [4.78, 5) is 16.6. The highest BCUT2D eigenvalue weighted by atomic mass is 16.5. The number of pyridine rings is 1. The van der Waals surface area contributed by atoms with Gasteiger partial charge in [0.15, 0.2) is 5.78 Å². The molecule has 1 fully saturated rings. The molecule has 1 aromatic rings. The molecule has 0 spiro atoms. The van der Waals surface area contributed by atoms with Gasteiger partial charge in [-0.15, -0.1) is 0 Å². The van der Waals surface area contributed by atoms with E-state index in [1.165, 1.54) is 0 Å². The van der Waals surface area contributed by atoms with Gasteiger partial charge in [-0.2, -0.15) is 5.26 Å². The van der Waals surface area contributed by atoms with E-state index in [0.29, 0.717) is 11.1 Å². The Kier molecular flexibility index (Phi) is 2.41. The van der Waals surface area contributed by atoms with Crippen LogP contribution in [0.1, 0.15) is 59.8 Å². The molecule has 5 nitrogen and oxygen atoms in total. The second-order valence-corrected chi connectivity index (χ2v) is 5.56. The Labute approximate surface area is 110 Å². The number of carbonyl (C=O) groups is 1. The fourth-order valence-electron chi connectivity index (χ4n) is 2.44. The Morgan fingerprint density at radius 2 is 2.16 bits per heavy atom. The summed E-state index contributed by atoms with van der Waals surface area (Å²) in [7, 11) is 0. The molecule has 0 radical (unpaired) electrons. The molecule has 1 aromatic heterocycles. The molecule has 1 saturated carbocycles. The summed E-state index contributed by atoms with van der Waals surface area (Å²) < 4.78 is 5.58. The highest BCUT2D eigenvalue weighted by Crippen LogP contribution is 2.45. The summed E-state index contributed by atoms with van der Waals surface area (Å²) in [6.45, 7) is 3.61. The molecular weight excluding hydrogens is 244 g/mol. The predicted molar refractivity (Wildman–Crippen MR) is 65.8 cm³/mol. The third-order valence-corrected chi connectivity index (χ3v) is 3.74. The number of nitrogens with zero attached hydrogens (tertiary/aromatic N) is 2. The second-order valence-electron chi connectivity index (χ2n) is 5.56. The van der Waals surface area contributed by atoms with E-state index in [-0.39, 0.29) is 29.8 Å². The number of carbonyl (C=O) groups excluding carboxylic acids is 1. The van der Waals surface area contributed by atoms with Crippen molar-refractivity contribution in [3.8, 4) is 11.9 Å². The molecule has 0 amide bonds. The number of aromatic hydroxyl groups is 1. The maximum Gasteiger partial charge on any atom is 0.230 e. The Morgan fingerprint density at radius 3 is 2.74 bits per heavy atom. The first kappa shape index (κ1) is 12.1. The summed E-state index contributed by atoms with van der Waals surface area (Å²) in [5.41, 5.74) is 0.707. The maximum absolute atomic E-state index is 12.5. The highest BCUT2D eigenvalue weighted by molar-refractivity contribution is 6.06. The van der Waals surface area contributed by atoms with Gasteiger partial charge in [-0.25, -0.2) is 4.98 Å². The van der Waals surface area contributed by atoms with E-state index in [0.717, 1.165) is 18.5 Å². The molecule has 0 bridgehead atoms. The van der Waals surface area contributed by atoms with Crippen LogP contribution >= 0.6 is 0 Å². The van der Waals surface area contributed by atoms with Crippen LogP contribution in [0, 0.1) is 11.3 Å². The zero-order valence-corrected chi connectivity index (χ0v) is 10.9. The Hall–Kier alpha value is -1.93. The van der Waals surface area contributed by atoms with Crippen LogP contribution < -0.4 is 0 Å². The number of ether oxygens (including phenoxy) is 1. The molecular formula is C14H14N2O3. The first-order chi connectivity index (χ1) is 8.95. The Morgan fingerprint density at radius 1 is 1.47 bits per heavy atom. The molecule has 3 rings (SSSR count). The van der Waals surface area contributed by atoms with Gasteiger partial charge in [0.1, 0.15) is 17.2 Å². The summed E-state index contributed by atoms with van der Waals surface area (Å²) in [5, 5.41) is 19.0. The minimum absolute atomic E-state index is 0.0271. The smallest absolute Gasteiger partial charge is 0.230 e. The van der Waals surface area contributed by atoms with Crippen LogP contribution in [-0.4, -0.2) is 21.5 Å². The molecule has 1 aliphatic carbocycles. The van der Waals surface area contributed by atoms with Crippen LogP contribution in [0.15, 0.2) is 0 Å². The van der Waals surface area contributed by atoms with Crippen LogP contribution in [0.5, 0.6) is 5.88 Å². The zero-order valence-electron chi connectivity index (χ0n) is 10.9. The fourth-order valence-corrected chi connectivity index (χ4v) is 2.44. The number of rotatable bonds is 1. The molecule has 2 aliphatic rings. The van der Waals surface area contributed by atoms with E-state index in [9.17, 15) is 9.90 Å². The van der Waals surface area contributed by atoms with Crippen molar-refractivity contribution in [2.45, 2.75) is 44.8 Å². The van der Waals surface area contributed by atoms with Gasteiger partial charge in [-0.1, -0.05) is 0 Å². The molecule has 19 heavy (non-hydrogen) atoms. The van der Waals surface area contributed by atoms with Crippen molar-refractivity contribution >= 4 is 5.78 Å². The normalized spacial score (nSPS) is 20.8. The molecule has 0 atom stereocenters. The first-order valence-electron chi connectivity index (χ1n) is 6.30. The molecule has 0 unspecified atom stereocenters. The average molecular weight is 258 g/mol. The minimum atomic E-state index is -0.965. The van der Waals surface area contributed by atoms with Crippen LogP contribution in [0.25, 0.3) is 0 Å². The van der Waals surface area contributed by atoms with Crippen molar-refractivity contribution in [3.63, 3.8) is 0 Å². The van der Waals surface area contributed by atoms with Crippen LogP contribution in [-0.2, 0) is 11.3 Å². The Balaban J connectivity index is 2.29. The van der Waals surface area contributed by atoms with E-state index in [1.54, 1.807) is 13.8 Å². The quantitative estimate of drug-likeness (QED) is 0.833. The molecule has 98 valence electrons. The minimum Gasteiger partial charge on any atom is -0.492 e. The van der Waals surface area contributed by atoms with Gasteiger partial charge in [0.25, 0.3) is 0 Å². The van der Waals surface area contributed by atoms with E-state index < -0.39 is 5.60 Å². The number of hydrogen-bond donors (Lipinski definition) is 1. The average Bonchev–Trinajstić information content (AvgIpc) is 3.17. The number of nitriles is 1. The van der Waals surface area contributed by atoms with E-state index >= 15 is 0 Å². The van der Waals surface area contributed by atoms with E-state index in [2.05, 4.69) is 4.98 Å². The predicted octanol–water partition coefficient (Wildman–Crippen LogP) is 2.03. The van der Waals surface area contributed by atoms with Gasteiger partial charge in [-0.05, 0) is 26.7 Å². The molecule has 0 saturated heterocycles. The lowest BCUT2D eigenvalue weighted by molar-refractivity contribution is -0.0216. The fraction of sp³-hybridized carbons (Fsp3) is 0.500. The number of fused-ring (bicyclic) bond motifs is 1. The number of Topliss-reactive ketones (excluding diaryl/α,β-unsaturated/α-hetero) is 1. The topological polar surface area (TPSA) is 83.2 Å². The van der Waals surface area contributed by atoms with Crippen molar-refractivity contribution in [3.05, 3.63) is 22.4 Å². The molecule has 1 N–H and O–H groups in total. The molecule has 1 aliphatic heterocycles. The lowest BCUT2D eigenvalue weighted by Gasteiger charge is -2.31. The van der Waals surface area contributed by atoms with Crippen LogP contribution in [0.3, 0.4) is 0 Å².